The van der Waals surface area contributed by atoms with Crippen LogP contribution in [-0.2, 0) is 24.2 Å². The number of rotatable bonds is 11. The van der Waals surface area contributed by atoms with E-state index in [1.54, 1.807) is 6.20 Å². The zero-order chi connectivity index (χ0) is 23.6. The fourth-order valence-corrected chi connectivity index (χ4v) is 3.70. The molecule has 2 aromatic carbocycles. The zero-order valence-corrected chi connectivity index (χ0v) is 21.4. The van der Waals surface area contributed by atoms with E-state index in [4.69, 9.17) is 4.98 Å². The highest BCUT2D eigenvalue weighted by Crippen LogP contribution is 2.12. The summed E-state index contributed by atoms with van der Waals surface area (Å²) < 4.78 is 1.99. The molecular formula is C27H31Cl2N5O2. The second-order valence-corrected chi connectivity index (χ2v) is 8.07. The van der Waals surface area contributed by atoms with E-state index in [1.807, 2.05) is 89.6 Å². The molecule has 0 spiro atoms. The molecule has 0 saturated carbocycles. The van der Waals surface area contributed by atoms with Crippen molar-refractivity contribution in [1.82, 2.24) is 19.9 Å². The number of nitrogens with one attached hydrogen (secondary N) is 2. The van der Waals surface area contributed by atoms with Gasteiger partial charge in [0.1, 0.15) is 5.82 Å². The summed E-state index contributed by atoms with van der Waals surface area (Å²) in [5, 5.41) is 16.5. The third-order valence-corrected chi connectivity index (χ3v) is 5.42. The number of aromatic nitrogens is 3. The van der Waals surface area contributed by atoms with E-state index < -0.39 is 6.10 Å². The maximum absolute atomic E-state index is 12.6. The van der Waals surface area contributed by atoms with E-state index in [-0.39, 0.29) is 37.1 Å². The van der Waals surface area contributed by atoms with Crippen LogP contribution in [0.25, 0.3) is 0 Å². The van der Waals surface area contributed by atoms with Gasteiger partial charge in [-0.15, -0.1) is 24.8 Å². The Bertz CT molecular complexity index is 1170. The number of hydrogen-bond donors (Lipinski definition) is 3. The lowest BCUT2D eigenvalue weighted by molar-refractivity contribution is -0.115. The van der Waals surface area contributed by atoms with Gasteiger partial charge in [0, 0.05) is 37.6 Å². The number of carbonyl (C=O) groups is 1. The fraction of sp³-hybridized carbons (Fsp3) is 0.222. The summed E-state index contributed by atoms with van der Waals surface area (Å²) in [4.78, 5) is 21.8. The van der Waals surface area contributed by atoms with Crippen molar-refractivity contribution >= 4 is 36.4 Å². The maximum Gasteiger partial charge on any atom is 0.231 e. The minimum atomic E-state index is -0.555. The Morgan fingerprint density at radius 3 is 2.31 bits per heavy atom. The van der Waals surface area contributed by atoms with Crippen LogP contribution in [-0.4, -0.2) is 38.6 Å². The monoisotopic (exact) mass is 527 g/mol. The first-order chi connectivity index (χ1) is 16.7. The molecule has 190 valence electrons. The van der Waals surface area contributed by atoms with E-state index in [1.165, 1.54) is 0 Å². The highest BCUT2D eigenvalue weighted by atomic mass is 35.5. The van der Waals surface area contributed by atoms with E-state index in [0.717, 1.165) is 22.6 Å². The molecule has 3 N–H and O–H groups in total. The average Bonchev–Trinajstić information content (AvgIpc) is 3.24. The Balaban J connectivity index is 0.00000228. The highest BCUT2D eigenvalue weighted by Gasteiger charge is 2.14. The topological polar surface area (TPSA) is 92.1 Å². The van der Waals surface area contributed by atoms with Crippen LogP contribution in [0.3, 0.4) is 0 Å². The number of aliphatic hydroxyl groups excluding tert-OH is 1. The number of hydrogen-bond acceptors (Lipinski definition) is 5. The molecule has 36 heavy (non-hydrogen) atoms. The molecule has 0 fully saturated rings. The number of pyridine rings is 1. The molecule has 1 atom stereocenters. The van der Waals surface area contributed by atoms with Crippen molar-refractivity contribution in [2.24, 2.45) is 0 Å². The summed E-state index contributed by atoms with van der Waals surface area (Å²) in [5.74, 6) is 0.577. The fourth-order valence-electron chi connectivity index (χ4n) is 3.70. The molecule has 0 unspecified atom stereocenters. The lowest BCUT2D eigenvalue weighted by atomic mass is 10.1. The van der Waals surface area contributed by atoms with Crippen molar-refractivity contribution < 1.29 is 9.90 Å². The van der Waals surface area contributed by atoms with Crippen molar-refractivity contribution in [3.63, 3.8) is 0 Å². The number of amides is 1. The molecule has 2 heterocycles. The van der Waals surface area contributed by atoms with Gasteiger partial charge in [-0.3, -0.25) is 9.78 Å². The van der Waals surface area contributed by atoms with Crippen molar-refractivity contribution in [1.29, 1.82) is 0 Å². The van der Waals surface area contributed by atoms with Crippen molar-refractivity contribution in [3.05, 3.63) is 114 Å². The van der Waals surface area contributed by atoms with Crippen molar-refractivity contribution in [2.75, 3.05) is 18.4 Å². The first kappa shape index (κ1) is 29.0. The normalized spacial score (nSPS) is 11.1. The first-order valence-electron chi connectivity index (χ1n) is 11.4. The summed E-state index contributed by atoms with van der Waals surface area (Å²) in [6, 6.07) is 24.8. The van der Waals surface area contributed by atoms with Crippen molar-refractivity contribution in [2.45, 2.75) is 25.5 Å². The van der Waals surface area contributed by atoms with Gasteiger partial charge in [0.05, 0.1) is 30.5 Å². The molecular weight excluding hydrogens is 497 g/mol. The molecule has 2 aromatic heterocycles. The minimum Gasteiger partial charge on any atom is -0.387 e. The summed E-state index contributed by atoms with van der Waals surface area (Å²) in [7, 11) is 0. The largest absolute Gasteiger partial charge is 0.387 e. The van der Waals surface area contributed by atoms with Crippen LogP contribution in [0.4, 0.5) is 5.69 Å². The maximum atomic E-state index is 12.6. The standard InChI is InChI=1S/C27H29N5O2.2ClH/c33-25(21-9-3-1-4-10-21)18-28-16-14-24-20-32(19-23-13-7-8-15-29-23)26(30-24)17-27(34)31-22-11-5-2-6-12-22;;/h1-13,15,20,25,28,33H,14,16-19H2,(H,31,34);2*1H/t25-;;/m0../s1. The highest BCUT2D eigenvalue weighted by molar-refractivity contribution is 5.91. The summed E-state index contributed by atoms with van der Waals surface area (Å²) >= 11 is 0. The molecule has 4 aromatic rings. The SMILES string of the molecule is Cl.Cl.O=C(Cc1nc(CCNC[C@H](O)c2ccccc2)cn1Cc1ccccn1)Nc1ccccc1. The number of carbonyl (C=O) groups excluding carboxylic acids is 1. The predicted molar refractivity (Wildman–Crippen MR) is 147 cm³/mol. The van der Waals surface area contributed by atoms with Crippen LogP contribution in [0.5, 0.6) is 0 Å². The number of para-hydroxylation sites is 1. The Hall–Kier alpha value is -3.23. The van der Waals surface area contributed by atoms with Gasteiger partial charge in [-0.2, -0.15) is 0 Å². The van der Waals surface area contributed by atoms with Gasteiger partial charge in [-0.1, -0.05) is 54.6 Å². The van der Waals surface area contributed by atoms with E-state index in [0.29, 0.717) is 31.9 Å². The van der Waals surface area contributed by atoms with E-state index >= 15 is 0 Å². The Morgan fingerprint density at radius 2 is 1.61 bits per heavy atom. The Kier molecular flexibility index (Phi) is 12.1. The molecule has 1 amide bonds. The molecule has 0 saturated heterocycles. The van der Waals surface area contributed by atoms with E-state index in [9.17, 15) is 9.90 Å². The molecule has 0 aliphatic rings. The average molecular weight is 528 g/mol. The number of aliphatic hydroxyl groups is 1. The van der Waals surface area contributed by atoms with Gasteiger partial charge in [0.15, 0.2) is 0 Å². The molecule has 0 aliphatic heterocycles. The van der Waals surface area contributed by atoms with E-state index in [2.05, 4.69) is 15.6 Å². The third kappa shape index (κ3) is 8.77. The third-order valence-electron chi connectivity index (χ3n) is 5.42. The van der Waals surface area contributed by atoms with Crippen LogP contribution in [0.15, 0.2) is 91.3 Å². The van der Waals surface area contributed by atoms with Gasteiger partial charge in [-0.25, -0.2) is 4.98 Å². The van der Waals surface area contributed by atoms with Gasteiger partial charge < -0.3 is 20.3 Å². The van der Waals surface area contributed by atoms with Crippen LogP contribution in [0.1, 0.15) is 28.9 Å². The number of anilines is 1. The zero-order valence-electron chi connectivity index (χ0n) is 19.8. The van der Waals surface area contributed by atoms with Crippen molar-refractivity contribution in [3.8, 4) is 0 Å². The summed E-state index contributed by atoms with van der Waals surface area (Å²) in [6.45, 7) is 1.67. The minimum absolute atomic E-state index is 0. The van der Waals surface area contributed by atoms with Crippen LogP contribution in [0, 0.1) is 0 Å². The smallest absolute Gasteiger partial charge is 0.231 e. The van der Waals surface area contributed by atoms with Gasteiger partial charge in [0.25, 0.3) is 0 Å². The first-order valence-corrected chi connectivity index (χ1v) is 11.4. The number of imidazole rings is 1. The molecule has 4 rings (SSSR count). The molecule has 0 bridgehead atoms. The Labute approximate surface area is 223 Å². The predicted octanol–water partition coefficient (Wildman–Crippen LogP) is 4.22. The second kappa shape index (κ2) is 15.0. The molecule has 7 nitrogen and oxygen atoms in total. The quantitative estimate of drug-likeness (QED) is 0.254. The van der Waals surface area contributed by atoms with Gasteiger partial charge in [-0.05, 0) is 29.8 Å². The molecule has 0 radical (unpaired) electrons. The van der Waals surface area contributed by atoms with Gasteiger partial charge >= 0.3 is 0 Å². The Morgan fingerprint density at radius 1 is 0.917 bits per heavy atom. The van der Waals surface area contributed by atoms with Gasteiger partial charge in [0.2, 0.25) is 5.91 Å². The second-order valence-electron chi connectivity index (χ2n) is 8.07. The summed E-state index contributed by atoms with van der Waals surface area (Å²) in [5.41, 5.74) is 3.44. The van der Waals surface area contributed by atoms with Crippen LogP contribution in [0.2, 0.25) is 0 Å². The molecule has 9 heteroatoms. The lowest BCUT2D eigenvalue weighted by Gasteiger charge is -2.11. The summed E-state index contributed by atoms with van der Waals surface area (Å²) in [6.07, 6.45) is 4.04. The molecule has 0 aliphatic carbocycles. The number of nitrogens with zero attached hydrogens (tertiary/aromatic N) is 3. The van der Waals surface area contributed by atoms with Crippen LogP contribution < -0.4 is 10.6 Å². The van der Waals surface area contributed by atoms with Crippen LogP contribution >= 0.6 is 24.8 Å². The number of halogens is 2. The lowest BCUT2D eigenvalue weighted by Crippen LogP contribution is -2.23. The number of benzene rings is 2.